The number of methoxy groups -OCH3 is 5. The lowest BCUT2D eigenvalue weighted by Crippen LogP contribution is -2.13. The number of nitrogens with one attached hydrogen (secondary N) is 3. The minimum Gasteiger partial charge on any atom is -0.507 e. The number of nitrogen functional groups attached to an aromatic ring is 1. The number of phenols is 2. The van der Waals surface area contributed by atoms with E-state index in [-0.39, 0.29) is 103 Å². The summed E-state index contributed by atoms with van der Waals surface area (Å²) in [5, 5.41) is 56.4. The molecule has 0 radical (unpaired) electrons. The van der Waals surface area contributed by atoms with E-state index in [4.69, 9.17) is 138 Å². The first-order chi connectivity index (χ1) is 68.8. The molecule has 3 amide bonds. The number of aromatic carboxylic acids is 3. The molecule has 0 aliphatic rings. The van der Waals surface area contributed by atoms with Gasteiger partial charge in [-0.25, -0.2) is 34.3 Å². The van der Waals surface area contributed by atoms with E-state index in [1.54, 1.807) is 77.3 Å². The van der Waals surface area contributed by atoms with Crippen molar-refractivity contribution in [2.75, 3.05) is 57.2 Å². The van der Waals surface area contributed by atoms with E-state index in [0.29, 0.717) is 112 Å². The number of ether oxygens (including phenoxy) is 5. The molecule has 148 heavy (non-hydrogen) atoms. The molecular weight excluding hydrogens is 2310 g/mol. The average molecular weight is 2380 g/mol. The van der Waals surface area contributed by atoms with Gasteiger partial charge < -0.3 is 55.0 Å². The van der Waals surface area contributed by atoms with Gasteiger partial charge in [-0.05, 0) is 266 Å². The van der Waals surface area contributed by atoms with Crippen molar-refractivity contribution in [1.29, 1.82) is 0 Å². The van der Waals surface area contributed by atoms with Crippen molar-refractivity contribution >= 4 is 269 Å². The molecule has 5 aromatic heterocycles. The fourth-order valence-corrected chi connectivity index (χ4v) is 18.6. The molecule has 16 aromatic rings. The highest BCUT2D eigenvalue weighted by Gasteiger charge is 2.35. The van der Waals surface area contributed by atoms with Crippen LogP contribution in [0.5, 0.6) is 40.2 Å². The van der Waals surface area contributed by atoms with Gasteiger partial charge in [0.2, 0.25) is 0 Å². The van der Waals surface area contributed by atoms with Gasteiger partial charge in [0.1, 0.15) is 56.9 Å². The molecule has 11 aromatic carbocycles. The van der Waals surface area contributed by atoms with Crippen LogP contribution in [0, 0.1) is 34.6 Å². The van der Waals surface area contributed by atoms with Crippen molar-refractivity contribution in [3.8, 4) is 40.2 Å². The largest absolute Gasteiger partial charge is 0.507 e. The SMILES string of the molecule is COc1c(Br)cc(Cl)cc1C(=O)O.COc1c(C)cc(Cl)cc1C(=O)Cl.COc1c(C)cc(Cl)cc1C(=O)Nc1nc2ccc(C(F)(F)F)cc2s1.COc1c(C)cc(Cl)cc1C(=O)O.COc1ccc(Cl)cc1C(=O)O.Cc1cc(Cl)cc(C(=O)Nc2nc3ccc(C(F)(F)F)cc3s2)c1O.Cc1cc(Cl)cc(C(=O)Nc2nc3ccc(C(F)(F)F)cc3s2)c1O.Cl.Nc1nc2ccc(C(F)(F)F)cc2s1.c1ccncc1. The highest BCUT2D eigenvalue weighted by atomic mass is 79.9. The minimum absolute atomic E-state index is 0. The van der Waals surface area contributed by atoms with Crippen molar-refractivity contribution in [3.63, 3.8) is 0 Å². The van der Waals surface area contributed by atoms with Gasteiger partial charge in [0.05, 0.1) is 125 Å². The maximum Gasteiger partial charge on any atom is 0.416 e. The molecule has 0 saturated carbocycles. The second-order valence-corrected chi connectivity index (χ2v) is 37.8. The van der Waals surface area contributed by atoms with Gasteiger partial charge in [0, 0.05) is 47.6 Å². The van der Waals surface area contributed by atoms with E-state index < -0.39 is 87.8 Å². The van der Waals surface area contributed by atoms with Crippen LogP contribution in [-0.2, 0) is 24.7 Å². The van der Waals surface area contributed by atoms with Gasteiger partial charge in [0.15, 0.2) is 20.5 Å². The maximum atomic E-state index is 12.8. The van der Waals surface area contributed by atoms with Crippen molar-refractivity contribution < 1.29 is 135 Å². The number of aryl methyl sites for hydroxylation is 5. The second-order valence-electron chi connectivity index (χ2n) is 29.4. The number of carbonyl (C=O) groups excluding carboxylic acids is 4. The molecule has 0 unspecified atom stereocenters. The standard InChI is InChI=1S/C17H12ClF3N2O2S.2C16H10ClF3N2O2S.C9H8Cl2O2.C9H9ClO3.C8H6BrClO3.C8H7ClO3.C8H5F3N2S.C5H5N.ClH/c1-8-5-10(18)7-11(14(8)25-2)15(24)23-16-22-12-4-3-9(17(19,20)21)6-13(12)26-16;2*1-7-4-9(17)6-10(13(7)23)14(24)22-15-21-11-3-2-8(16(18,19)20)5-12(11)25-15;2*1-5-3-6(10)4-7(9(11)12)8(5)13-2;1-13-7-5(8(11)12)2-4(10)3-6(7)9;1-12-7-3-2-5(9)4-6(7)8(10)11;9-8(10,11)4-1-2-5-6(3-4)14-7(12)13-5;1-2-4-6-5-3-1;/h3-7H,1-2H3,(H,22,23,24);2*2-6,23H,1H3,(H,21,22,24);3-4H,1-2H3;3-4H,1-2H3,(H,11,12);2-3H,1H3,(H,11,12);2-4H,1H3,(H,10,11);1-3H,(H2,12,13);1-5H;1H. The van der Waals surface area contributed by atoms with Crippen LogP contribution in [0.15, 0.2) is 199 Å². The zero-order valence-electron chi connectivity index (χ0n) is 76.9. The van der Waals surface area contributed by atoms with E-state index in [9.17, 15) is 96.5 Å². The van der Waals surface area contributed by atoms with Crippen LogP contribution >= 0.6 is 166 Å². The summed E-state index contributed by atoms with van der Waals surface area (Å²) in [5.74, 6) is -3.63. The number of phenolic OH excluding ortho intramolecular Hbond substituents is 2. The number of pyridine rings is 1. The van der Waals surface area contributed by atoms with Crippen molar-refractivity contribution in [3.05, 3.63) is 323 Å². The number of carbonyl (C=O) groups is 7. The summed E-state index contributed by atoms with van der Waals surface area (Å²) in [5.41, 5.74) is 7.58. The van der Waals surface area contributed by atoms with Gasteiger partial charge in [-0.2, -0.15) is 52.7 Å². The topological polar surface area (TPSA) is 393 Å². The first-order valence-electron chi connectivity index (χ1n) is 40.5. The van der Waals surface area contributed by atoms with Crippen molar-refractivity contribution in [1.82, 2.24) is 24.9 Å². The number of nitrogens with zero attached hydrogens (tertiary/aromatic N) is 5. The quantitative estimate of drug-likeness (QED) is 0.0340. The van der Waals surface area contributed by atoms with Gasteiger partial charge >= 0.3 is 42.6 Å². The van der Waals surface area contributed by atoms with Gasteiger partial charge in [-0.3, -0.25) is 40.1 Å². The molecule has 0 saturated heterocycles. The third kappa shape index (κ3) is 34.4. The minimum atomic E-state index is -4.45. The molecule has 26 nitrogen and oxygen atoms in total. The first kappa shape index (κ1) is 122. The maximum absolute atomic E-state index is 12.8. The number of aromatic hydroxyl groups is 2. The number of hydrogen-bond donors (Lipinski definition) is 9. The molecule has 5 heterocycles. The Balaban J connectivity index is 0.000000231. The summed E-state index contributed by atoms with van der Waals surface area (Å²) >= 11 is 52.8. The molecule has 0 aliphatic heterocycles. The van der Waals surface area contributed by atoms with E-state index in [2.05, 4.69) is 56.8 Å². The third-order valence-electron chi connectivity index (χ3n) is 19.0. The molecule has 52 heteroatoms. The highest BCUT2D eigenvalue weighted by Crippen LogP contribution is 2.43. The van der Waals surface area contributed by atoms with E-state index in [1.807, 2.05) is 18.2 Å². The molecule has 16 rings (SSSR count). The first-order valence-corrected chi connectivity index (χ1v) is 47.6. The molecule has 0 aliphatic carbocycles. The van der Waals surface area contributed by atoms with Crippen LogP contribution in [0.2, 0.25) is 35.2 Å². The smallest absolute Gasteiger partial charge is 0.416 e. The lowest BCUT2D eigenvalue weighted by molar-refractivity contribution is -0.138. The van der Waals surface area contributed by atoms with Crippen LogP contribution in [0.3, 0.4) is 0 Å². The predicted octanol–water partition coefficient (Wildman–Crippen LogP) is 30.7. The van der Waals surface area contributed by atoms with Crippen molar-refractivity contribution in [2.24, 2.45) is 0 Å². The number of nitrogens with two attached hydrogens (primary N) is 1. The van der Waals surface area contributed by atoms with Gasteiger partial charge in [-0.15, -0.1) is 12.4 Å². The van der Waals surface area contributed by atoms with Gasteiger partial charge in [0.25, 0.3) is 23.0 Å². The number of carboxylic acid groups (broad SMARTS) is 3. The third-order valence-corrected chi connectivity index (χ3v) is 25.0. The highest BCUT2D eigenvalue weighted by molar-refractivity contribution is 9.10. The summed E-state index contributed by atoms with van der Waals surface area (Å²) in [4.78, 5) is 100. The number of amides is 3. The number of benzene rings is 11. The van der Waals surface area contributed by atoms with Crippen molar-refractivity contribution in [2.45, 2.75) is 59.3 Å². The van der Waals surface area contributed by atoms with Crippen LogP contribution in [0.1, 0.15) is 123 Å². The summed E-state index contributed by atoms with van der Waals surface area (Å²) in [7, 11) is 7.17. The lowest BCUT2D eigenvalue weighted by atomic mass is 10.1. The Bertz CT molecular complexity index is 7210. The summed E-state index contributed by atoms with van der Waals surface area (Å²) < 4.78 is 179. The number of alkyl halides is 12. The fourth-order valence-electron chi connectivity index (χ4n) is 12.5. The number of rotatable bonds is 15. The Morgan fingerprint density at radius 1 is 0.345 bits per heavy atom. The number of hydrogen-bond acceptors (Lipinski definition) is 24. The number of thiazole rings is 4. The van der Waals surface area contributed by atoms with Crippen LogP contribution < -0.4 is 45.4 Å². The van der Waals surface area contributed by atoms with E-state index in [0.717, 1.165) is 99.4 Å². The average Bonchev–Trinajstić information content (AvgIpc) is 1.67. The number of carboxylic acids is 3. The van der Waals surface area contributed by atoms with E-state index in [1.165, 1.54) is 120 Å². The zero-order chi connectivity index (χ0) is 110. The molecule has 0 spiro atoms. The van der Waals surface area contributed by atoms with Gasteiger partial charge in [-0.1, -0.05) is 133 Å². The zero-order valence-corrected chi connectivity index (χ0v) is 88.6. The second kappa shape index (κ2) is 53.9. The molecule has 0 bridgehead atoms. The Morgan fingerprint density at radius 3 is 0.939 bits per heavy atom. The molecule has 782 valence electrons. The number of anilines is 4. The van der Waals surface area contributed by atoms with Crippen LogP contribution in [-0.4, -0.2) is 127 Å². The lowest BCUT2D eigenvalue weighted by Gasteiger charge is -2.11. The summed E-state index contributed by atoms with van der Waals surface area (Å²) in [6.45, 7) is 8.48. The predicted molar refractivity (Wildman–Crippen MR) is 557 cm³/mol. The molecule has 0 atom stereocenters. The number of aromatic nitrogens is 5. The summed E-state index contributed by atoms with van der Waals surface area (Å²) in [6.07, 6.45) is -14.2. The molecule has 0 fully saturated rings. The Kier molecular flexibility index (Phi) is 44.5. The Labute approximate surface area is 901 Å². The van der Waals surface area contributed by atoms with E-state index >= 15 is 0 Å². The molecular formula is C96H73BrCl9F12N9O17S4. The fraction of sp³-hybridized carbons (Fsp3) is 0.146. The van der Waals surface area contributed by atoms with Crippen LogP contribution in [0.25, 0.3) is 40.9 Å². The van der Waals surface area contributed by atoms with Crippen LogP contribution in [0.4, 0.5) is 73.2 Å². The molecule has 10 N–H and O–H groups in total. The Morgan fingerprint density at radius 2 is 0.628 bits per heavy atom. The Hall–Kier alpha value is -12.7. The summed E-state index contributed by atoms with van der Waals surface area (Å²) in [6, 6.07) is 40.9. The number of halogens is 22. The normalized spacial score (nSPS) is 10.8. The monoisotopic (exact) mass is 2370 g/mol. The number of fused-ring (bicyclic) bond motifs is 4.